The van der Waals surface area contributed by atoms with E-state index >= 15 is 0 Å². The lowest BCUT2D eigenvalue weighted by atomic mass is 10.2. The van der Waals surface area contributed by atoms with Crippen LogP contribution in [0.1, 0.15) is 5.56 Å². The molecule has 0 bridgehead atoms. The van der Waals surface area contributed by atoms with Crippen molar-refractivity contribution in [2.24, 2.45) is 0 Å². The maximum absolute atomic E-state index is 11.6. The van der Waals surface area contributed by atoms with Crippen LogP contribution in [0.2, 0.25) is 0 Å². The van der Waals surface area contributed by atoms with E-state index in [4.69, 9.17) is 0 Å². The summed E-state index contributed by atoms with van der Waals surface area (Å²) >= 11 is 0. The third-order valence-electron chi connectivity index (χ3n) is 2.44. The molecule has 1 aromatic carbocycles. The normalized spacial score (nSPS) is 9.68. The lowest BCUT2D eigenvalue weighted by molar-refractivity contribution is -0.136. The van der Waals surface area contributed by atoms with E-state index in [0.29, 0.717) is 12.2 Å². The molecule has 5 nitrogen and oxygen atoms in total. The van der Waals surface area contributed by atoms with Crippen LogP contribution in [-0.4, -0.2) is 16.8 Å². The van der Waals surface area contributed by atoms with Gasteiger partial charge in [0.05, 0.1) is 0 Å². The smallest absolute Gasteiger partial charge is 0.313 e. The second-order valence-electron chi connectivity index (χ2n) is 3.86. The van der Waals surface area contributed by atoms with Crippen LogP contribution in [0.4, 0.5) is 5.69 Å². The second kappa shape index (κ2) is 6.30. The van der Waals surface area contributed by atoms with Gasteiger partial charge in [-0.3, -0.25) is 14.6 Å². The van der Waals surface area contributed by atoms with Crippen LogP contribution in [0.3, 0.4) is 0 Å². The molecular weight excluding hydrogens is 242 g/mol. The fourth-order valence-electron chi connectivity index (χ4n) is 1.47. The Kier molecular flexibility index (Phi) is 4.23. The van der Waals surface area contributed by atoms with Crippen LogP contribution in [0.15, 0.2) is 54.9 Å². The predicted octanol–water partition coefficient (Wildman–Crippen LogP) is 1.34. The Morgan fingerprint density at radius 1 is 0.947 bits per heavy atom. The van der Waals surface area contributed by atoms with Crippen LogP contribution in [0.25, 0.3) is 0 Å². The minimum absolute atomic E-state index is 0.295. The predicted molar refractivity (Wildman–Crippen MR) is 71.2 cm³/mol. The molecule has 0 unspecified atom stereocenters. The Labute approximate surface area is 110 Å². The molecule has 0 aliphatic rings. The molecular formula is C14H13N3O2. The van der Waals surface area contributed by atoms with E-state index in [1.807, 2.05) is 6.07 Å². The van der Waals surface area contributed by atoms with Crippen molar-refractivity contribution in [1.82, 2.24) is 10.3 Å². The first-order valence-electron chi connectivity index (χ1n) is 5.79. The van der Waals surface area contributed by atoms with Crippen molar-refractivity contribution >= 4 is 17.5 Å². The molecule has 0 aliphatic carbocycles. The molecule has 2 amide bonds. The zero-order chi connectivity index (χ0) is 13.5. The number of benzene rings is 1. The van der Waals surface area contributed by atoms with Crippen molar-refractivity contribution in [3.63, 3.8) is 0 Å². The SMILES string of the molecule is O=C(NCc1ccncc1)C(=O)Nc1ccccc1. The van der Waals surface area contributed by atoms with Gasteiger partial charge in [0.25, 0.3) is 0 Å². The van der Waals surface area contributed by atoms with Gasteiger partial charge in [0.15, 0.2) is 0 Å². The summed E-state index contributed by atoms with van der Waals surface area (Å²) in [6, 6.07) is 12.4. The highest BCUT2D eigenvalue weighted by Crippen LogP contribution is 2.04. The standard InChI is InChI=1S/C14H13N3O2/c18-13(16-10-11-6-8-15-9-7-11)14(19)17-12-4-2-1-3-5-12/h1-9H,10H2,(H,16,18)(H,17,19). The third kappa shape index (κ3) is 3.92. The maximum Gasteiger partial charge on any atom is 0.313 e. The van der Waals surface area contributed by atoms with E-state index in [0.717, 1.165) is 5.56 Å². The zero-order valence-electron chi connectivity index (χ0n) is 10.2. The third-order valence-corrected chi connectivity index (χ3v) is 2.44. The van der Waals surface area contributed by atoms with E-state index in [2.05, 4.69) is 15.6 Å². The molecule has 0 fully saturated rings. The van der Waals surface area contributed by atoms with E-state index in [1.54, 1.807) is 48.8 Å². The summed E-state index contributed by atoms with van der Waals surface area (Å²) < 4.78 is 0. The van der Waals surface area contributed by atoms with Crippen molar-refractivity contribution in [2.75, 3.05) is 5.32 Å². The van der Waals surface area contributed by atoms with Gasteiger partial charge in [-0.15, -0.1) is 0 Å². The number of nitrogens with one attached hydrogen (secondary N) is 2. The number of amides is 2. The number of carbonyl (C=O) groups excluding carboxylic acids is 2. The fourth-order valence-corrected chi connectivity index (χ4v) is 1.47. The highest BCUT2D eigenvalue weighted by atomic mass is 16.2. The molecule has 19 heavy (non-hydrogen) atoms. The molecule has 2 aromatic rings. The molecule has 1 heterocycles. The van der Waals surface area contributed by atoms with Crippen LogP contribution in [0.5, 0.6) is 0 Å². The molecule has 2 rings (SSSR count). The molecule has 0 radical (unpaired) electrons. The fraction of sp³-hybridized carbons (Fsp3) is 0.0714. The van der Waals surface area contributed by atoms with Gasteiger partial charge in [0.2, 0.25) is 0 Å². The highest BCUT2D eigenvalue weighted by Gasteiger charge is 2.12. The number of nitrogens with zero attached hydrogens (tertiary/aromatic N) is 1. The lowest BCUT2D eigenvalue weighted by Gasteiger charge is -2.06. The first kappa shape index (κ1) is 12.8. The monoisotopic (exact) mass is 255 g/mol. The van der Waals surface area contributed by atoms with Crippen LogP contribution in [-0.2, 0) is 16.1 Å². The number of rotatable bonds is 3. The molecule has 0 saturated carbocycles. The van der Waals surface area contributed by atoms with Crippen molar-refractivity contribution in [3.8, 4) is 0 Å². The average Bonchev–Trinajstić information content (AvgIpc) is 2.47. The molecule has 96 valence electrons. The van der Waals surface area contributed by atoms with Crippen LogP contribution >= 0.6 is 0 Å². The van der Waals surface area contributed by atoms with Gasteiger partial charge >= 0.3 is 11.8 Å². The summed E-state index contributed by atoms with van der Waals surface area (Å²) in [7, 11) is 0. The number of para-hydroxylation sites is 1. The molecule has 2 N–H and O–H groups in total. The summed E-state index contributed by atoms with van der Waals surface area (Å²) in [6.07, 6.45) is 3.26. The average molecular weight is 255 g/mol. The van der Waals surface area contributed by atoms with Gasteiger partial charge in [0, 0.05) is 24.6 Å². The van der Waals surface area contributed by atoms with Crippen molar-refractivity contribution < 1.29 is 9.59 Å². The number of anilines is 1. The molecule has 0 atom stereocenters. The molecule has 0 spiro atoms. The number of aromatic nitrogens is 1. The summed E-state index contributed by atoms with van der Waals surface area (Å²) in [6.45, 7) is 0.295. The van der Waals surface area contributed by atoms with Crippen molar-refractivity contribution in [3.05, 3.63) is 60.4 Å². The van der Waals surface area contributed by atoms with Crippen LogP contribution in [0, 0.1) is 0 Å². The van der Waals surface area contributed by atoms with Gasteiger partial charge in [-0.2, -0.15) is 0 Å². The number of carbonyl (C=O) groups is 2. The maximum atomic E-state index is 11.6. The summed E-state index contributed by atoms with van der Waals surface area (Å²) in [5, 5.41) is 5.05. The first-order valence-corrected chi connectivity index (χ1v) is 5.79. The molecule has 1 aromatic heterocycles. The minimum atomic E-state index is -0.680. The Balaban J connectivity index is 1.85. The van der Waals surface area contributed by atoms with Crippen LogP contribution < -0.4 is 10.6 Å². The number of pyridine rings is 1. The number of hydrogen-bond donors (Lipinski definition) is 2. The quantitative estimate of drug-likeness (QED) is 0.813. The van der Waals surface area contributed by atoms with Gasteiger partial charge in [-0.05, 0) is 29.8 Å². The summed E-state index contributed by atoms with van der Waals surface area (Å²) in [5.74, 6) is -1.35. The lowest BCUT2D eigenvalue weighted by Crippen LogP contribution is -2.34. The largest absolute Gasteiger partial charge is 0.344 e. The number of hydrogen-bond acceptors (Lipinski definition) is 3. The Morgan fingerprint density at radius 2 is 1.63 bits per heavy atom. The molecule has 5 heteroatoms. The molecule has 0 aliphatic heterocycles. The van der Waals surface area contributed by atoms with Gasteiger partial charge in [-0.25, -0.2) is 0 Å². The van der Waals surface area contributed by atoms with E-state index < -0.39 is 11.8 Å². The summed E-state index contributed by atoms with van der Waals surface area (Å²) in [5.41, 5.74) is 1.47. The van der Waals surface area contributed by atoms with E-state index in [1.165, 1.54) is 0 Å². The van der Waals surface area contributed by atoms with E-state index in [9.17, 15) is 9.59 Å². The van der Waals surface area contributed by atoms with Crippen molar-refractivity contribution in [1.29, 1.82) is 0 Å². The minimum Gasteiger partial charge on any atom is -0.344 e. The topological polar surface area (TPSA) is 71.1 Å². The van der Waals surface area contributed by atoms with Gasteiger partial charge in [0.1, 0.15) is 0 Å². The first-order chi connectivity index (χ1) is 9.25. The Morgan fingerprint density at radius 3 is 2.32 bits per heavy atom. The highest BCUT2D eigenvalue weighted by molar-refractivity contribution is 6.39. The second-order valence-corrected chi connectivity index (χ2v) is 3.86. The Bertz CT molecular complexity index is 555. The summed E-state index contributed by atoms with van der Waals surface area (Å²) in [4.78, 5) is 27.1. The van der Waals surface area contributed by atoms with Gasteiger partial charge in [-0.1, -0.05) is 18.2 Å². The Hall–Kier alpha value is -2.69. The molecule has 0 saturated heterocycles. The van der Waals surface area contributed by atoms with E-state index in [-0.39, 0.29) is 0 Å². The van der Waals surface area contributed by atoms with Crippen molar-refractivity contribution in [2.45, 2.75) is 6.54 Å². The zero-order valence-corrected chi connectivity index (χ0v) is 10.2. The van der Waals surface area contributed by atoms with Gasteiger partial charge < -0.3 is 10.6 Å².